The zero-order valence-electron chi connectivity index (χ0n) is 10.4. The summed E-state index contributed by atoms with van der Waals surface area (Å²) in [7, 11) is 1.74. The molecule has 0 heterocycles. The lowest BCUT2D eigenvalue weighted by Crippen LogP contribution is -2.29. The van der Waals surface area contributed by atoms with Crippen molar-refractivity contribution >= 4 is 0 Å². The summed E-state index contributed by atoms with van der Waals surface area (Å²) in [5.74, 6) is 0.413. The molecule has 0 radical (unpaired) electrons. The summed E-state index contributed by atoms with van der Waals surface area (Å²) in [5.41, 5.74) is 0.978. The fraction of sp³-hybridized carbons (Fsp3) is 0.571. The Morgan fingerprint density at radius 2 is 2.00 bits per heavy atom. The van der Waals surface area contributed by atoms with Crippen LogP contribution in [0.5, 0.6) is 5.75 Å². The summed E-state index contributed by atoms with van der Waals surface area (Å²) >= 11 is 0. The van der Waals surface area contributed by atoms with E-state index in [0.717, 1.165) is 31.2 Å². The van der Waals surface area contributed by atoms with Crippen LogP contribution in [0.1, 0.15) is 31.2 Å². The van der Waals surface area contributed by atoms with Gasteiger partial charge in [-0.1, -0.05) is 6.07 Å². The van der Waals surface area contributed by atoms with Crippen LogP contribution < -0.4 is 4.74 Å². The van der Waals surface area contributed by atoms with E-state index in [0.29, 0.717) is 5.75 Å². The summed E-state index contributed by atoms with van der Waals surface area (Å²) in [6, 6.07) is 4.67. The molecule has 0 aromatic heterocycles. The number of ether oxygens (including phenoxy) is 2. The van der Waals surface area contributed by atoms with Crippen LogP contribution in [0.3, 0.4) is 0 Å². The summed E-state index contributed by atoms with van der Waals surface area (Å²) in [6.07, 6.45) is 4.55. The van der Waals surface area contributed by atoms with Gasteiger partial charge in [-0.2, -0.15) is 0 Å². The quantitative estimate of drug-likeness (QED) is 0.802. The van der Waals surface area contributed by atoms with Gasteiger partial charge in [-0.15, -0.1) is 0 Å². The second kappa shape index (κ2) is 5.50. The van der Waals surface area contributed by atoms with Gasteiger partial charge in [-0.3, -0.25) is 0 Å². The standard InChI is InChI=1S/C14H19FO2/c1-10-6-7-11(15)8-14(10)17-13-5-3-4-12(9-13)16-2/h6-8,12-13H,3-5,9H2,1-2H3. The fourth-order valence-corrected chi connectivity index (χ4v) is 2.30. The van der Waals surface area contributed by atoms with Crippen LogP contribution in [0, 0.1) is 12.7 Å². The average Bonchev–Trinajstić information content (AvgIpc) is 2.34. The van der Waals surface area contributed by atoms with Crippen molar-refractivity contribution in [3.05, 3.63) is 29.6 Å². The molecule has 1 aliphatic carbocycles. The van der Waals surface area contributed by atoms with Crippen LogP contribution in [-0.4, -0.2) is 19.3 Å². The maximum Gasteiger partial charge on any atom is 0.126 e. The Morgan fingerprint density at radius 3 is 2.76 bits per heavy atom. The van der Waals surface area contributed by atoms with Gasteiger partial charge in [0.2, 0.25) is 0 Å². The van der Waals surface area contributed by atoms with Gasteiger partial charge in [-0.05, 0) is 37.8 Å². The summed E-state index contributed by atoms with van der Waals surface area (Å²) in [6.45, 7) is 1.94. The van der Waals surface area contributed by atoms with E-state index in [1.165, 1.54) is 12.1 Å². The van der Waals surface area contributed by atoms with Crippen LogP contribution in [0.15, 0.2) is 18.2 Å². The molecule has 0 saturated heterocycles. The van der Waals surface area contributed by atoms with Crippen LogP contribution in [0.25, 0.3) is 0 Å². The molecule has 0 bridgehead atoms. The third-order valence-electron chi connectivity index (χ3n) is 3.36. The number of hydrogen-bond donors (Lipinski definition) is 0. The first kappa shape index (κ1) is 12.4. The molecule has 1 aliphatic rings. The number of aryl methyl sites for hydroxylation is 1. The Morgan fingerprint density at radius 1 is 1.24 bits per heavy atom. The van der Waals surface area contributed by atoms with Crippen LogP contribution in [-0.2, 0) is 4.74 Å². The number of methoxy groups -OCH3 is 1. The molecule has 2 nitrogen and oxygen atoms in total. The summed E-state index contributed by atoms with van der Waals surface area (Å²) < 4.78 is 24.4. The Kier molecular flexibility index (Phi) is 4.00. The van der Waals surface area contributed by atoms with Crippen molar-refractivity contribution in [3.8, 4) is 5.75 Å². The summed E-state index contributed by atoms with van der Waals surface area (Å²) in [5, 5.41) is 0. The first-order chi connectivity index (χ1) is 8.19. The molecule has 0 N–H and O–H groups in total. The number of rotatable bonds is 3. The SMILES string of the molecule is COC1CCCC(Oc2cc(F)ccc2C)C1. The molecule has 1 aromatic rings. The number of hydrogen-bond acceptors (Lipinski definition) is 2. The molecule has 3 heteroatoms. The highest BCUT2D eigenvalue weighted by Crippen LogP contribution is 2.27. The lowest BCUT2D eigenvalue weighted by atomic mass is 9.95. The maximum atomic E-state index is 13.1. The Bertz CT molecular complexity index is 378. The maximum absolute atomic E-state index is 13.1. The van der Waals surface area contributed by atoms with E-state index in [2.05, 4.69) is 0 Å². The molecule has 2 unspecified atom stereocenters. The van der Waals surface area contributed by atoms with E-state index < -0.39 is 0 Å². The molecule has 1 saturated carbocycles. The van der Waals surface area contributed by atoms with Gasteiger partial charge >= 0.3 is 0 Å². The van der Waals surface area contributed by atoms with Gasteiger partial charge in [0, 0.05) is 19.6 Å². The molecular formula is C14H19FO2. The zero-order chi connectivity index (χ0) is 12.3. The minimum Gasteiger partial charge on any atom is -0.490 e. The second-order valence-corrected chi connectivity index (χ2v) is 4.67. The Hall–Kier alpha value is -1.09. The molecule has 17 heavy (non-hydrogen) atoms. The molecule has 0 spiro atoms. The first-order valence-electron chi connectivity index (χ1n) is 6.14. The number of halogens is 1. The van der Waals surface area contributed by atoms with Crippen LogP contribution >= 0.6 is 0 Å². The van der Waals surface area contributed by atoms with Crippen molar-refractivity contribution in [2.75, 3.05) is 7.11 Å². The van der Waals surface area contributed by atoms with Crippen LogP contribution in [0.2, 0.25) is 0 Å². The topological polar surface area (TPSA) is 18.5 Å². The highest BCUT2D eigenvalue weighted by molar-refractivity contribution is 5.32. The van der Waals surface area contributed by atoms with E-state index >= 15 is 0 Å². The largest absolute Gasteiger partial charge is 0.490 e. The molecule has 1 fully saturated rings. The Labute approximate surface area is 102 Å². The zero-order valence-corrected chi connectivity index (χ0v) is 10.4. The lowest BCUT2D eigenvalue weighted by Gasteiger charge is -2.29. The van der Waals surface area contributed by atoms with Crippen molar-refractivity contribution in [1.82, 2.24) is 0 Å². The molecule has 0 amide bonds. The van der Waals surface area contributed by atoms with Gasteiger partial charge in [-0.25, -0.2) is 4.39 Å². The monoisotopic (exact) mass is 238 g/mol. The highest BCUT2D eigenvalue weighted by atomic mass is 19.1. The predicted octanol–water partition coefficient (Wildman–Crippen LogP) is 3.47. The Balaban J connectivity index is 2.02. The van der Waals surface area contributed by atoms with Gasteiger partial charge in [0.1, 0.15) is 17.7 Å². The lowest BCUT2D eigenvalue weighted by molar-refractivity contribution is 0.0206. The third-order valence-corrected chi connectivity index (χ3v) is 3.36. The predicted molar refractivity (Wildman–Crippen MR) is 64.8 cm³/mol. The molecule has 0 aliphatic heterocycles. The van der Waals surface area contributed by atoms with Crippen molar-refractivity contribution in [2.45, 2.75) is 44.8 Å². The van der Waals surface area contributed by atoms with E-state index in [1.807, 2.05) is 6.92 Å². The van der Waals surface area contributed by atoms with Crippen molar-refractivity contribution < 1.29 is 13.9 Å². The van der Waals surface area contributed by atoms with Gasteiger partial charge in [0.25, 0.3) is 0 Å². The smallest absolute Gasteiger partial charge is 0.126 e. The highest BCUT2D eigenvalue weighted by Gasteiger charge is 2.23. The molecule has 2 rings (SSSR count). The van der Waals surface area contributed by atoms with E-state index in [-0.39, 0.29) is 18.0 Å². The van der Waals surface area contributed by atoms with Crippen molar-refractivity contribution in [2.24, 2.45) is 0 Å². The molecule has 94 valence electrons. The summed E-state index contributed by atoms with van der Waals surface area (Å²) in [4.78, 5) is 0. The average molecular weight is 238 g/mol. The fourth-order valence-electron chi connectivity index (χ4n) is 2.30. The minimum absolute atomic E-state index is 0.147. The van der Waals surface area contributed by atoms with E-state index in [1.54, 1.807) is 13.2 Å². The number of benzene rings is 1. The first-order valence-corrected chi connectivity index (χ1v) is 6.14. The molecular weight excluding hydrogens is 219 g/mol. The van der Waals surface area contributed by atoms with Crippen LogP contribution in [0.4, 0.5) is 4.39 Å². The van der Waals surface area contributed by atoms with E-state index in [4.69, 9.17) is 9.47 Å². The van der Waals surface area contributed by atoms with Gasteiger partial charge in [0.15, 0.2) is 0 Å². The minimum atomic E-state index is -0.246. The van der Waals surface area contributed by atoms with Crippen molar-refractivity contribution in [3.63, 3.8) is 0 Å². The molecule has 1 aromatic carbocycles. The molecule has 2 atom stereocenters. The van der Waals surface area contributed by atoms with E-state index in [9.17, 15) is 4.39 Å². The van der Waals surface area contributed by atoms with Gasteiger partial charge in [0.05, 0.1) is 6.10 Å². The normalized spacial score (nSPS) is 24.6. The van der Waals surface area contributed by atoms with Gasteiger partial charge < -0.3 is 9.47 Å². The second-order valence-electron chi connectivity index (χ2n) is 4.67. The van der Waals surface area contributed by atoms with Crippen molar-refractivity contribution in [1.29, 1.82) is 0 Å². The third kappa shape index (κ3) is 3.19.